The normalized spacial score (nSPS) is 13.1. The number of hydrogen-bond acceptors (Lipinski definition) is 4. The Balaban J connectivity index is 2.10. The van der Waals surface area contributed by atoms with E-state index in [0.717, 1.165) is 23.0 Å². The highest BCUT2D eigenvalue weighted by Gasteiger charge is 2.35. The number of aromatic nitrogens is 1. The maximum atomic E-state index is 13.7. The van der Waals surface area contributed by atoms with Crippen molar-refractivity contribution in [3.8, 4) is 5.69 Å². The topological polar surface area (TPSA) is 88.4 Å². The van der Waals surface area contributed by atoms with Crippen molar-refractivity contribution >= 4 is 33.0 Å². The Morgan fingerprint density at radius 1 is 1.17 bits per heavy atom. The summed E-state index contributed by atoms with van der Waals surface area (Å²) >= 11 is 6.01. The van der Waals surface area contributed by atoms with Crippen molar-refractivity contribution < 1.29 is 35.9 Å². The molecule has 0 fully saturated rings. The lowest BCUT2D eigenvalue weighted by Crippen LogP contribution is -2.16. The number of nitrogens with zero attached hydrogens (tertiary/aromatic N) is 1. The summed E-state index contributed by atoms with van der Waals surface area (Å²) in [6.07, 6.45) is -4.93. The summed E-state index contributed by atoms with van der Waals surface area (Å²) in [7, 11) is -3.59. The van der Waals surface area contributed by atoms with Gasteiger partial charge in [-0.3, -0.25) is 4.79 Å². The first-order chi connectivity index (χ1) is 16.1. The fourth-order valence-corrected chi connectivity index (χ4v) is 5.03. The van der Waals surface area contributed by atoms with E-state index in [1.54, 1.807) is 0 Å². The van der Waals surface area contributed by atoms with Crippen LogP contribution in [0.15, 0.2) is 47.4 Å². The molecule has 0 aliphatic rings. The van der Waals surface area contributed by atoms with Gasteiger partial charge < -0.3 is 15.0 Å². The van der Waals surface area contributed by atoms with Crippen molar-refractivity contribution in [2.75, 3.05) is 11.6 Å². The van der Waals surface area contributed by atoms with Gasteiger partial charge in [0.2, 0.25) is 0 Å². The summed E-state index contributed by atoms with van der Waals surface area (Å²) in [5, 5.41) is 12.3. The molecule has 1 amide bonds. The zero-order valence-corrected chi connectivity index (χ0v) is 20.3. The van der Waals surface area contributed by atoms with Crippen LogP contribution in [0, 0.1) is 12.7 Å². The first-order valence-corrected chi connectivity index (χ1v) is 12.4. The molecular weight excluding hydrogens is 512 g/mol. The molecule has 0 aliphatic heterocycles. The van der Waals surface area contributed by atoms with Gasteiger partial charge in [-0.25, -0.2) is 12.8 Å². The van der Waals surface area contributed by atoms with Crippen LogP contribution in [0.3, 0.4) is 0 Å². The van der Waals surface area contributed by atoms with Gasteiger partial charge in [0.15, 0.2) is 9.84 Å². The van der Waals surface area contributed by atoms with E-state index in [4.69, 9.17) is 11.6 Å². The molecule has 0 bridgehead atoms. The summed E-state index contributed by atoms with van der Waals surface area (Å²) in [6.45, 7) is 2.86. The number of carbonyl (C=O) groups excluding carboxylic acids is 1. The number of sulfone groups is 1. The Labute approximate surface area is 204 Å². The van der Waals surface area contributed by atoms with Crippen LogP contribution in [0.2, 0.25) is 5.02 Å². The maximum Gasteiger partial charge on any atom is 0.418 e. The van der Waals surface area contributed by atoms with Crippen molar-refractivity contribution in [3.63, 3.8) is 0 Å². The molecule has 0 saturated heterocycles. The van der Waals surface area contributed by atoms with Crippen LogP contribution in [0.1, 0.15) is 34.2 Å². The fraction of sp³-hybridized carbons (Fsp3) is 0.261. The van der Waals surface area contributed by atoms with E-state index in [-0.39, 0.29) is 39.0 Å². The Hall–Kier alpha value is -2.89. The third-order valence-corrected chi connectivity index (χ3v) is 6.75. The van der Waals surface area contributed by atoms with Crippen molar-refractivity contribution in [3.05, 3.63) is 75.8 Å². The second-order valence-corrected chi connectivity index (χ2v) is 10.4. The second kappa shape index (κ2) is 9.63. The van der Waals surface area contributed by atoms with E-state index in [0.29, 0.717) is 6.07 Å². The van der Waals surface area contributed by atoms with Gasteiger partial charge in [0.05, 0.1) is 32.8 Å². The predicted molar refractivity (Wildman–Crippen MR) is 123 cm³/mol. The number of nitrogens with one attached hydrogen (secondary N) is 1. The molecule has 2 aromatic carbocycles. The molecular formula is C23H21ClF4N2O4S. The smallest absolute Gasteiger partial charge is 0.393 e. The molecule has 188 valence electrons. The minimum atomic E-state index is -4.88. The Morgan fingerprint density at radius 2 is 1.83 bits per heavy atom. The third kappa shape index (κ3) is 5.85. The molecule has 0 saturated carbocycles. The van der Waals surface area contributed by atoms with E-state index >= 15 is 0 Å². The predicted octanol–water partition coefficient (Wildman–Crippen LogP) is 5.18. The van der Waals surface area contributed by atoms with Gasteiger partial charge >= 0.3 is 6.18 Å². The quantitative estimate of drug-likeness (QED) is 0.428. The zero-order chi connectivity index (χ0) is 26.3. The standard InChI is InChI=1S/C23H21ClF4N2O4S/c1-12(31)8-16-11-17(22(32)29-15-5-7-21(19(24)10-15)35(3,33)34)13(2)30(16)20-6-4-14(25)9-18(20)23(26,27)28/h4-7,9-12,31H,8H2,1-3H3,(H,29,32)/t12-/m0/s1. The maximum absolute atomic E-state index is 13.7. The fourth-order valence-electron chi connectivity index (χ4n) is 3.70. The molecule has 1 heterocycles. The Morgan fingerprint density at radius 3 is 2.37 bits per heavy atom. The van der Waals surface area contributed by atoms with Gasteiger partial charge in [-0.15, -0.1) is 0 Å². The largest absolute Gasteiger partial charge is 0.418 e. The lowest BCUT2D eigenvalue weighted by Gasteiger charge is -2.18. The van der Waals surface area contributed by atoms with E-state index in [1.807, 2.05) is 0 Å². The van der Waals surface area contributed by atoms with Gasteiger partial charge in [-0.05, 0) is 56.3 Å². The van der Waals surface area contributed by atoms with E-state index in [9.17, 15) is 35.9 Å². The molecule has 0 aliphatic carbocycles. The summed E-state index contributed by atoms with van der Waals surface area (Å²) in [5.41, 5.74) is -1.15. The highest BCUT2D eigenvalue weighted by molar-refractivity contribution is 7.90. The third-order valence-electron chi connectivity index (χ3n) is 5.17. The second-order valence-electron chi connectivity index (χ2n) is 8.05. The van der Waals surface area contributed by atoms with Crippen molar-refractivity contribution in [2.24, 2.45) is 0 Å². The minimum Gasteiger partial charge on any atom is -0.393 e. The number of alkyl halides is 3. The minimum absolute atomic E-state index is 0.00131. The van der Waals surface area contributed by atoms with E-state index in [2.05, 4.69) is 5.32 Å². The summed E-state index contributed by atoms with van der Waals surface area (Å²) < 4.78 is 79.3. The Bertz CT molecular complexity index is 1400. The van der Waals surface area contributed by atoms with Crippen LogP contribution in [0.25, 0.3) is 5.69 Å². The average Bonchev–Trinajstić information content (AvgIpc) is 3.01. The number of amides is 1. The van der Waals surface area contributed by atoms with Gasteiger partial charge in [0.25, 0.3) is 5.91 Å². The van der Waals surface area contributed by atoms with Crippen molar-refractivity contribution in [1.29, 1.82) is 0 Å². The summed E-state index contributed by atoms with van der Waals surface area (Å²) in [6, 6.07) is 7.33. The Kier molecular flexibility index (Phi) is 7.35. The number of anilines is 1. The summed E-state index contributed by atoms with van der Waals surface area (Å²) in [4.78, 5) is 12.9. The van der Waals surface area contributed by atoms with Gasteiger partial charge in [0.1, 0.15) is 5.82 Å². The molecule has 0 unspecified atom stereocenters. The lowest BCUT2D eigenvalue weighted by molar-refractivity contribution is -0.137. The molecule has 3 rings (SSSR count). The number of hydrogen-bond donors (Lipinski definition) is 2. The first-order valence-electron chi connectivity index (χ1n) is 10.2. The average molecular weight is 533 g/mol. The molecule has 0 radical (unpaired) electrons. The van der Waals surface area contributed by atoms with Crippen LogP contribution in [-0.4, -0.2) is 36.4 Å². The number of benzene rings is 2. The van der Waals surface area contributed by atoms with Crippen LogP contribution < -0.4 is 5.32 Å². The highest BCUT2D eigenvalue weighted by Crippen LogP contribution is 2.36. The van der Waals surface area contributed by atoms with Gasteiger partial charge in [0, 0.05) is 29.8 Å². The van der Waals surface area contributed by atoms with Crippen LogP contribution >= 0.6 is 11.6 Å². The van der Waals surface area contributed by atoms with Crippen molar-refractivity contribution in [1.82, 2.24) is 4.57 Å². The first kappa shape index (κ1) is 26.7. The van der Waals surface area contributed by atoms with E-state index in [1.165, 1.54) is 38.1 Å². The SMILES string of the molecule is Cc1c(C(=O)Nc2ccc(S(C)(=O)=O)c(Cl)c2)cc(C[C@H](C)O)n1-c1ccc(F)cc1C(F)(F)F. The van der Waals surface area contributed by atoms with Gasteiger partial charge in [-0.2, -0.15) is 13.2 Å². The van der Waals surface area contributed by atoms with E-state index < -0.39 is 45.1 Å². The number of carbonyl (C=O) groups is 1. The molecule has 0 spiro atoms. The number of rotatable bonds is 6. The van der Waals surface area contributed by atoms with Gasteiger partial charge in [-0.1, -0.05) is 11.6 Å². The number of aliphatic hydroxyl groups is 1. The molecule has 12 heteroatoms. The molecule has 1 atom stereocenters. The van der Waals surface area contributed by atoms with Crippen LogP contribution in [0.4, 0.5) is 23.2 Å². The molecule has 2 N–H and O–H groups in total. The number of halogens is 5. The molecule has 1 aromatic heterocycles. The molecule has 6 nitrogen and oxygen atoms in total. The highest BCUT2D eigenvalue weighted by atomic mass is 35.5. The van der Waals surface area contributed by atoms with Crippen molar-refractivity contribution in [2.45, 2.75) is 37.4 Å². The zero-order valence-electron chi connectivity index (χ0n) is 18.7. The molecule has 3 aromatic rings. The monoisotopic (exact) mass is 532 g/mol. The van der Waals surface area contributed by atoms with Crippen LogP contribution in [-0.2, 0) is 22.4 Å². The number of aliphatic hydroxyl groups excluding tert-OH is 1. The summed E-state index contributed by atoms with van der Waals surface area (Å²) in [5.74, 6) is -1.78. The lowest BCUT2D eigenvalue weighted by atomic mass is 10.1. The molecule has 35 heavy (non-hydrogen) atoms. The van der Waals surface area contributed by atoms with Crippen LogP contribution in [0.5, 0.6) is 0 Å².